The second-order valence-corrected chi connectivity index (χ2v) is 7.43. The third-order valence-corrected chi connectivity index (χ3v) is 4.99. The average Bonchev–Trinajstić information content (AvgIpc) is 2.75. The van der Waals surface area contributed by atoms with Crippen LogP contribution in [-0.4, -0.2) is 39.3 Å². The Hall–Kier alpha value is -2.87. The summed E-state index contributed by atoms with van der Waals surface area (Å²) < 4.78 is 13.1. The number of carbonyl (C=O) groups excluding carboxylic acids is 1. The summed E-state index contributed by atoms with van der Waals surface area (Å²) in [5.41, 5.74) is 2.00. The predicted molar refractivity (Wildman–Crippen MR) is 115 cm³/mol. The lowest BCUT2D eigenvalue weighted by atomic mass is 9.96. The summed E-state index contributed by atoms with van der Waals surface area (Å²) in [4.78, 5) is 26.1. The summed E-state index contributed by atoms with van der Waals surface area (Å²) in [6, 6.07) is 5.97. The van der Waals surface area contributed by atoms with Crippen molar-refractivity contribution < 1.29 is 14.3 Å². The fraction of sp³-hybridized carbons (Fsp3) is 0.455. The van der Waals surface area contributed by atoms with Crippen molar-refractivity contribution in [3.8, 4) is 0 Å². The minimum absolute atomic E-state index is 0.262. The number of amides is 1. The highest BCUT2D eigenvalue weighted by Crippen LogP contribution is 2.23. The number of aliphatic hydroxyl groups is 1. The number of aliphatic imine (C=N–C) groups is 1. The zero-order valence-electron chi connectivity index (χ0n) is 17.2. The van der Waals surface area contributed by atoms with E-state index in [0.717, 1.165) is 30.7 Å². The van der Waals surface area contributed by atoms with E-state index in [4.69, 9.17) is 0 Å². The molecule has 160 valence electrons. The molecule has 1 aromatic heterocycles. The molecule has 30 heavy (non-hydrogen) atoms. The van der Waals surface area contributed by atoms with Crippen molar-refractivity contribution in [3.63, 3.8) is 0 Å². The lowest BCUT2D eigenvalue weighted by Crippen LogP contribution is -2.24. The molecule has 3 N–H and O–H groups in total. The number of aromatic nitrogens is 2. The number of anilines is 1. The van der Waals surface area contributed by atoms with E-state index >= 15 is 0 Å². The molecule has 1 aliphatic rings. The fourth-order valence-electron chi connectivity index (χ4n) is 3.16. The van der Waals surface area contributed by atoms with Gasteiger partial charge < -0.3 is 15.7 Å². The summed E-state index contributed by atoms with van der Waals surface area (Å²) in [5, 5.41) is 15.7. The molecule has 1 saturated carbocycles. The van der Waals surface area contributed by atoms with E-state index in [0.29, 0.717) is 37.4 Å². The van der Waals surface area contributed by atoms with Crippen LogP contribution >= 0.6 is 0 Å². The maximum absolute atomic E-state index is 13.1. The molecule has 0 radical (unpaired) electrons. The maximum atomic E-state index is 13.1. The number of rotatable bonds is 8. The monoisotopic (exact) mass is 413 g/mol. The van der Waals surface area contributed by atoms with Crippen molar-refractivity contribution >= 4 is 23.4 Å². The number of aliphatic hydroxyl groups excluding tert-OH is 1. The Morgan fingerprint density at radius 3 is 2.70 bits per heavy atom. The fourth-order valence-corrected chi connectivity index (χ4v) is 3.16. The normalized spacial score (nSPS) is 16.2. The van der Waals surface area contributed by atoms with Crippen molar-refractivity contribution in [2.24, 2.45) is 4.99 Å². The lowest BCUT2D eigenvalue weighted by molar-refractivity contribution is 0.0951. The minimum Gasteiger partial charge on any atom is -0.393 e. The number of nitrogens with one attached hydrogen (secondary N) is 2. The molecular formula is C22H28FN5O2. The second kappa shape index (κ2) is 10.8. The first kappa shape index (κ1) is 21.8. The highest BCUT2D eigenvalue weighted by atomic mass is 19.1. The van der Waals surface area contributed by atoms with Gasteiger partial charge in [0.15, 0.2) is 5.82 Å². The number of carbonyl (C=O) groups is 1. The summed E-state index contributed by atoms with van der Waals surface area (Å²) in [6.45, 7) is 3.11. The van der Waals surface area contributed by atoms with E-state index in [-0.39, 0.29) is 29.9 Å². The van der Waals surface area contributed by atoms with E-state index in [1.165, 1.54) is 18.3 Å². The van der Waals surface area contributed by atoms with Crippen molar-refractivity contribution in [1.82, 2.24) is 15.3 Å². The van der Waals surface area contributed by atoms with Crippen LogP contribution in [0.15, 0.2) is 35.5 Å². The molecule has 1 heterocycles. The smallest absolute Gasteiger partial charge is 0.256 e. The van der Waals surface area contributed by atoms with Crippen LogP contribution in [0.4, 0.5) is 16.2 Å². The number of halogens is 1. The third-order valence-electron chi connectivity index (χ3n) is 4.99. The molecule has 2 aromatic rings. The van der Waals surface area contributed by atoms with Crippen molar-refractivity contribution in [2.45, 2.75) is 58.1 Å². The van der Waals surface area contributed by atoms with Gasteiger partial charge in [-0.25, -0.2) is 14.4 Å². The zero-order chi connectivity index (χ0) is 21.3. The summed E-state index contributed by atoms with van der Waals surface area (Å²) in [7, 11) is 0. The van der Waals surface area contributed by atoms with Crippen LogP contribution in [0.5, 0.6) is 0 Å². The largest absolute Gasteiger partial charge is 0.393 e. The van der Waals surface area contributed by atoms with Gasteiger partial charge in [0.05, 0.1) is 6.10 Å². The molecule has 8 heteroatoms. The number of hydrogen-bond donors (Lipinski definition) is 3. The van der Waals surface area contributed by atoms with E-state index < -0.39 is 0 Å². The van der Waals surface area contributed by atoms with E-state index in [9.17, 15) is 14.3 Å². The van der Waals surface area contributed by atoms with E-state index in [1.54, 1.807) is 12.1 Å². The highest BCUT2D eigenvalue weighted by Gasteiger charge is 2.18. The second-order valence-electron chi connectivity index (χ2n) is 7.43. The number of benzene rings is 1. The molecule has 0 atom stereocenters. The lowest BCUT2D eigenvalue weighted by Gasteiger charge is -2.18. The van der Waals surface area contributed by atoms with Gasteiger partial charge in [-0.15, -0.1) is 0 Å². The van der Waals surface area contributed by atoms with Crippen LogP contribution < -0.4 is 10.6 Å². The van der Waals surface area contributed by atoms with Gasteiger partial charge in [0.1, 0.15) is 11.4 Å². The topological polar surface area (TPSA) is 99.5 Å². The molecule has 1 amide bonds. The van der Waals surface area contributed by atoms with Gasteiger partial charge in [-0.3, -0.25) is 4.79 Å². The third kappa shape index (κ3) is 6.32. The van der Waals surface area contributed by atoms with Crippen LogP contribution in [-0.2, 0) is 6.54 Å². The Kier molecular flexibility index (Phi) is 7.84. The molecule has 3 rings (SSSR count). The Balaban J connectivity index is 1.77. The van der Waals surface area contributed by atoms with Gasteiger partial charge in [-0.1, -0.05) is 25.5 Å². The average molecular weight is 413 g/mol. The predicted octanol–water partition coefficient (Wildman–Crippen LogP) is 3.77. The Labute approximate surface area is 175 Å². The molecule has 1 aromatic carbocycles. The quantitative estimate of drug-likeness (QED) is 0.572. The first-order chi connectivity index (χ1) is 14.5. The van der Waals surface area contributed by atoms with Gasteiger partial charge in [0, 0.05) is 25.0 Å². The first-order valence-corrected chi connectivity index (χ1v) is 10.4. The van der Waals surface area contributed by atoms with Crippen LogP contribution in [0, 0.1) is 5.82 Å². The van der Waals surface area contributed by atoms with E-state index in [1.807, 2.05) is 0 Å². The Morgan fingerprint density at radius 2 is 2.00 bits per heavy atom. The summed E-state index contributed by atoms with van der Waals surface area (Å²) >= 11 is 0. The Morgan fingerprint density at radius 1 is 1.27 bits per heavy atom. The van der Waals surface area contributed by atoms with Crippen molar-refractivity contribution in [1.29, 1.82) is 0 Å². The zero-order valence-corrected chi connectivity index (χ0v) is 17.2. The Bertz CT molecular complexity index is 876. The molecule has 0 spiro atoms. The molecule has 0 unspecified atom stereocenters. The van der Waals surface area contributed by atoms with E-state index in [2.05, 4.69) is 32.5 Å². The van der Waals surface area contributed by atoms with Crippen molar-refractivity contribution in [3.05, 3.63) is 47.4 Å². The van der Waals surface area contributed by atoms with Crippen LogP contribution in [0.3, 0.4) is 0 Å². The molecule has 1 fully saturated rings. The molecule has 7 nitrogen and oxygen atoms in total. The van der Waals surface area contributed by atoms with Gasteiger partial charge in [-0.05, 0) is 49.8 Å². The van der Waals surface area contributed by atoms with Gasteiger partial charge in [0.2, 0.25) is 5.95 Å². The SMILES string of the molecule is CCCCNc1ncc(C(=O)NCc2ccc(F)cc2)c(N=C2CCC(O)CC2)n1. The van der Waals surface area contributed by atoms with Gasteiger partial charge >= 0.3 is 0 Å². The standard InChI is InChI=1S/C22H28FN5O2/c1-2-3-12-24-22-26-14-19(20(28-22)27-17-8-10-18(29)11-9-17)21(30)25-13-15-4-6-16(23)7-5-15/h4-7,14,18,29H,2-3,8-13H2,1H3,(H,25,30)(H,24,26,28). The molecular weight excluding hydrogens is 385 g/mol. The molecule has 0 bridgehead atoms. The van der Waals surface area contributed by atoms with Crippen LogP contribution in [0.2, 0.25) is 0 Å². The van der Waals surface area contributed by atoms with Gasteiger partial charge in [0.25, 0.3) is 5.91 Å². The van der Waals surface area contributed by atoms with Crippen LogP contribution in [0.1, 0.15) is 61.4 Å². The summed E-state index contributed by atoms with van der Waals surface area (Å²) in [5.74, 6) is 0.107. The molecule has 0 aliphatic heterocycles. The molecule has 0 saturated heterocycles. The first-order valence-electron chi connectivity index (χ1n) is 10.4. The number of nitrogens with zero attached hydrogens (tertiary/aromatic N) is 3. The number of hydrogen-bond acceptors (Lipinski definition) is 6. The highest BCUT2D eigenvalue weighted by molar-refractivity contribution is 5.99. The minimum atomic E-state index is -0.338. The maximum Gasteiger partial charge on any atom is 0.256 e. The van der Waals surface area contributed by atoms with Crippen LogP contribution in [0.25, 0.3) is 0 Å². The molecule has 1 aliphatic carbocycles. The number of unbranched alkanes of at least 4 members (excludes halogenated alkanes) is 1. The van der Waals surface area contributed by atoms with Gasteiger partial charge in [-0.2, -0.15) is 4.98 Å². The summed E-state index contributed by atoms with van der Waals surface area (Å²) in [6.07, 6.45) is 5.92. The van der Waals surface area contributed by atoms with Crippen molar-refractivity contribution in [2.75, 3.05) is 11.9 Å².